The van der Waals surface area contributed by atoms with Crippen LogP contribution in [-0.2, 0) is 0 Å². The molecule has 0 aliphatic rings. The summed E-state index contributed by atoms with van der Waals surface area (Å²) in [6, 6.07) is 9.84. The Morgan fingerprint density at radius 3 is 2.33 bits per heavy atom. The smallest absolute Gasteiger partial charge is 0.315 e. The molecular formula is C17H28N2O2. The number of urea groups is 1. The molecule has 1 aromatic rings. The normalized spacial score (nSPS) is 14.3. The van der Waals surface area contributed by atoms with E-state index in [0.717, 1.165) is 12.0 Å². The first-order valence-corrected chi connectivity index (χ1v) is 7.57. The van der Waals surface area contributed by atoms with Crippen LogP contribution < -0.4 is 10.6 Å². The van der Waals surface area contributed by atoms with Gasteiger partial charge in [-0.15, -0.1) is 0 Å². The van der Waals surface area contributed by atoms with Gasteiger partial charge in [-0.25, -0.2) is 4.79 Å². The number of carbonyl (C=O) groups excluding carboxylic acids is 1. The number of amides is 2. The Bertz CT molecular complexity index is 426. The van der Waals surface area contributed by atoms with Gasteiger partial charge in [-0.2, -0.15) is 0 Å². The zero-order valence-electron chi connectivity index (χ0n) is 13.5. The maximum atomic E-state index is 12.2. The molecule has 0 saturated carbocycles. The first-order chi connectivity index (χ1) is 9.84. The molecule has 2 atom stereocenters. The highest BCUT2D eigenvalue weighted by molar-refractivity contribution is 5.74. The van der Waals surface area contributed by atoms with Gasteiger partial charge in [0, 0.05) is 12.6 Å². The Kier molecular flexibility index (Phi) is 6.69. The molecule has 4 heteroatoms. The van der Waals surface area contributed by atoms with E-state index in [9.17, 15) is 4.79 Å². The minimum absolute atomic E-state index is 0.0496. The summed E-state index contributed by atoms with van der Waals surface area (Å²) in [7, 11) is 0. The number of aliphatic hydroxyl groups is 1. The van der Waals surface area contributed by atoms with Crippen LogP contribution >= 0.6 is 0 Å². The van der Waals surface area contributed by atoms with Gasteiger partial charge in [-0.1, -0.05) is 51.1 Å². The van der Waals surface area contributed by atoms with Gasteiger partial charge in [0.1, 0.15) is 0 Å². The summed E-state index contributed by atoms with van der Waals surface area (Å²) >= 11 is 0. The van der Waals surface area contributed by atoms with Gasteiger partial charge < -0.3 is 15.7 Å². The lowest BCUT2D eigenvalue weighted by Gasteiger charge is -2.32. The highest BCUT2D eigenvalue weighted by atomic mass is 16.3. The Balaban J connectivity index is 2.68. The van der Waals surface area contributed by atoms with Gasteiger partial charge in [-0.3, -0.25) is 0 Å². The van der Waals surface area contributed by atoms with E-state index in [1.54, 1.807) is 0 Å². The van der Waals surface area contributed by atoms with Crippen molar-refractivity contribution >= 4 is 6.03 Å². The Labute approximate surface area is 128 Å². The fraction of sp³-hybridized carbons (Fsp3) is 0.588. The summed E-state index contributed by atoms with van der Waals surface area (Å²) in [4.78, 5) is 12.2. The van der Waals surface area contributed by atoms with E-state index < -0.39 is 0 Å². The van der Waals surface area contributed by atoms with Crippen molar-refractivity contribution in [3.63, 3.8) is 0 Å². The van der Waals surface area contributed by atoms with E-state index >= 15 is 0 Å². The number of hydrogen-bond acceptors (Lipinski definition) is 2. The lowest BCUT2D eigenvalue weighted by atomic mass is 9.82. The number of benzene rings is 1. The quantitative estimate of drug-likeness (QED) is 0.754. The van der Waals surface area contributed by atoms with Crippen LogP contribution in [-0.4, -0.2) is 23.8 Å². The minimum Gasteiger partial charge on any atom is -0.396 e. The van der Waals surface area contributed by atoms with Gasteiger partial charge >= 0.3 is 6.03 Å². The van der Waals surface area contributed by atoms with Gasteiger partial charge in [0.2, 0.25) is 0 Å². The van der Waals surface area contributed by atoms with Crippen LogP contribution in [0, 0.1) is 5.41 Å². The number of aliphatic hydroxyl groups excluding tert-OH is 1. The van der Waals surface area contributed by atoms with Crippen LogP contribution in [0.1, 0.15) is 52.1 Å². The Morgan fingerprint density at radius 2 is 1.81 bits per heavy atom. The molecular weight excluding hydrogens is 264 g/mol. The number of hydrogen-bond donors (Lipinski definition) is 3. The lowest BCUT2D eigenvalue weighted by molar-refractivity contribution is 0.213. The lowest BCUT2D eigenvalue weighted by Crippen LogP contribution is -2.45. The molecule has 0 saturated heterocycles. The summed E-state index contributed by atoms with van der Waals surface area (Å²) < 4.78 is 0. The van der Waals surface area contributed by atoms with E-state index in [-0.39, 0.29) is 30.1 Å². The molecule has 0 spiro atoms. The third-order valence-corrected chi connectivity index (χ3v) is 3.45. The van der Waals surface area contributed by atoms with E-state index in [2.05, 4.69) is 31.4 Å². The summed E-state index contributed by atoms with van der Waals surface area (Å²) in [6.07, 6.45) is 1.47. The third kappa shape index (κ3) is 6.17. The van der Waals surface area contributed by atoms with E-state index in [1.807, 2.05) is 37.3 Å². The van der Waals surface area contributed by atoms with Crippen molar-refractivity contribution in [3.8, 4) is 0 Å². The van der Waals surface area contributed by atoms with Gasteiger partial charge in [0.15, 0.2) is 0 Å². The zero-order valence-corrected chi connectivity index (χ0v) is 13.5. The van der Waals surface area contributed by atoms with Crippen LogP contribution in [0.5, 0.6) is 0 Å². The zero-order chi connectivity index (χ0) is 15.9. The second kappa shape index (κ2) is 8.03. The first-order valence-electron chi connectivity index (χ1n) is 7.57. The van der Waals surface area contributed by atoms with Crippen molar-refractivity contribution in [1.82, 2.24) is 10.6 Å². The molecule has 0 heterocycles. The topological polar surface area (TPSA) is 61.4 Å². The van der Waals surface area contributed by atoms with Crippen molar-refractivity contribution in [1.29, 1.82) is 0 Å². The van der Waals surface area contributed by atoms with Crippen molar-refractivity contribution < 1.29 is 9.90 Å². The molecule has 0 bridgehead atoms. The predicted molar refractivity (Wildman–Crippen MR) is 86.1 cm³/mol. The molecule has 0 radical (unpaired) electrons. The van der Waals surface area contributed by atoms with Crippen LogP contribution in [0.15, 0.2) is 30.3 Å². The fourth-order valence-corrected chi connectivity index (χ4v) is 2.31. The second-order valence-corrected chi connectivity index (χ2v) is 6.59. The van der Waals surface area contributed by atoms with E-state index in [0.29, 0.717) is 6.42 Å². The SMILES string of the molecule is CC(CCCO)NC(=O)NC(c1ccccc1)C(C)(C)C. The van der Waals surface area contributed by atoms with E-state index in [4.69, 9.17) is 5.11 Å². The van der Waals surface area contributed by atoms with Gasteiger partial charge in [-0.05, 0) is 30.7 Å². The standard InChI is InChI=1S/C17H28N2O2/c1-13(9-8-12-20)18-16(21)19-15(17(2,3)4)14-10-6-5-7-11-14/h5-7,10-11,13,15,20H,8-9,12H2,1-4H3,(H2,18,19,21). The van der Waals surface area contributed by atoms with Crippen molar-refractivity contribution in [2.75, 3.05) is 6.61 Å². The molecule has 0 fully saturated rings. The third-order valence-electron chi connectivity index (χ3n) is 3.45. The molecule has 0 aromatic heterocycles. The molecule has 1 aromatic carbocycles. The summed E-state index contributed by atoms with van der Waals surface area (Å²) in [6.45, 7) is 8.44. The summed E-state index contributed by atoms with van der Waals surface area (Å²) in [5, 5.41) is 14.8. The van der Waals surface area contributed by atoms with Crippen LogP contribution in [0.3, 0.4) is 0 Å². The molecule has 21 heavy (non-hydrogen) atoms. The summed E-state index contributed by atoms with van der Waals surface area (Å²) in [5.41, 5.74) is 1.02. The molecule has 0 aliphatic heterocycles. The van der Waals surface area contributed by atoms with Crippen molar-refractivity contribution in [2.24, 2.45) is 5.41 Å². The molecule has 2 unspecified atom stereocenters. The fourth-order valence-electron chi connectivity index (χ4n) is 2.31. The maximum absolute atomic E-state index is 12.2. The van der Waals surface area contributed by atoms with Gasteiger partial charge in [0.05, 0.1) is 6.04 Å². The molecule has 4 nitrogen and oxygen atoms in total. The molecule has 1 rings (SSSR count). The maximum Gasteiger partial charge on any atom is 0.315 e. The number of rotatable bonds is 6. The minimum atomic E-state index is -0.163. The molecule has 0 aliphatic carbocycles. The average Bonchev–Trinajstić information content (AvgIpc) is 2.42. The van der Waals surface area contributed by atoms with E-state index in [1.165, 1.54) is 0 Å². The largest absolute Gasteiger partial charge is 0.396 e. The van der Waals surface area contributed by atoms with Crippen LogP contribution in [0.2, 0.25) is 0 Å². The molecule has 3 N–H and O–H groups in total. The number of carbonyl (C=O) groups is 1. The average molecular weight is 292 g/mol. The second-order valence-electron chi connectivity index (χ2n) is 6.59. The van der Waals surface area contributed by atoms with Gasteiger partial charge in [0.25, 0.3) is 0 Å². The number of nitrogens with one attached hydrogen (secondary N) is 2. The summed E-state index contributed by atoms with van der Waals surface area (Å²) in [5.74, 6) is 0. The molecule has 118 valence electrons. The first kappa shape index (κ1) is 17.5. The van der Waals surface area contributed by atoms with Crippen molar-refractivity contribution in [2.45, 2.75) is 52.6 Å². The Hall–Kier alpha value is -1.55. The predicted octanol–water partition coefficient (Wildman–Crippen LogP) is 3.23. The Morgan fingerprint density at radius 1 is 1.19 bits per heavy atom. The highest BCUT2D eigenvalue weighted by Crippen LogP contribution is 2.32. The highest BCUT2D eigenvalue weighted by Gasteiger charge is 2.27. The van der Waals surface area contributed by atoms with Crippen molar-refractivity contribution in [3.05, 3.63) is 35.9 Å². The van der Waals surface area contributed by atoms with Crippen LogP contribution in [0.4, 0.5) is 4.79 Å². The monoisotopic (exact) mass is 292 g/mol. The van der Waals surface area contributed by atoms with Crippen LogP contribution in [0.25, 0.3) is 0 Å². The molecule has 2 amide bonds.